The van der Waals surface area contributed by atoms with E-state index in [2.05, 4.69) is 19.1 Å². The Bertz CT molecular complexity index is 405. The topological polar surface area (TPSA) is 44.5 Å². The van der Waals surface area contributed by atoms with Crippen LogP contribution >= 0.6 is 0 Å². The highest BCUT2D eigenvalue weighted by Gasteiger charge is 2.49. The lowest BCUT2D eigenvalue weighted by atomic mass is 9.97. The van der Waals surface area contributed by atoms with Crippen LogP contribution in [0.15, 0.2) is 18.2 Å². The maximum absolute atomic E-state index is 5.94. The van der Waals surface area contributed by atoms with E-state index in [1.807, 2.05) is 6.07 Å². The van der Waals surface area contributed by atoms with Crippen LogP contribution < -0.4 is 15.2 Å². The Morgan fingerprint density at radius 1 is 1.27 bits per heavy atom. The molecule has 1 aromatic carbocycles. The van der Waals surface area contributed by atoms with E-state index in [-0.39, 0.29) is 5.41 Å². The van der Waals surface area contributed by atoms with Gasteiger partial charge >= 0.3 is 0 Å². The molecule has 1 heterocycles. The summed E-state index contributed by atoms with van der Waals surface area (Å²) in [6, 6.07) is 6.45. The van der Waals surface area contributed by atoms with Crippen LogP contribution in [0.3, 0.4) is 0 Å². The summed E-state index contributed by atoms with van der Waals surface area (Å²) in [4.78, 5) is 0. The highest BCUT2D eigenvalue weighted by Crippen LogP contribution is 2.48. The average Bonchev–Trinajstić information content (AvgIpc) is 2.88. The third-order valence-electron chi connectivity index (χ3n) is 3.50. The van der Waals surface area contributed by atoms with Gasteiger partial charge in [-0.15, -0.1) is 0 Å². The predicted octanol–water partition coefficient (Wildman–Crippen LogP) is 1.45. The Morgan fingerprint density at radius 3 is 2.60 bits per heavy atom. The summed E-state index contributed by atoms with van der Waals surface area (Å²) in [5.74, 6) is 1.71. The van der Waals surface area contributed by atoms with Gasteiger partial charge in [-0.05, 0) is 24.1 Å². The zero-order valence-corrected chi connectivity index (χ0v) is 8.82. The van der Waals surface area contributed by atoms with Crippen LogP contribution in [-0.2, 0) is 5.41 Å². The molecule has 0 amide bonds. The van der Waals surface area contributed by atoms with Crippen molar-refractivity contribution in [2.75, 3.05) is 13.2 Å². The van der Waals surface area contributed by atoms with Crippen molar-refractivity contribution in [3.05, 3.63) is 23.8 Å². The zero-order valence-electron chi connectivity index (χ0n) is 8.82. The molecule has 1 fully saturated rings. The lowest BCUT2D eigenvalue weighted by Gasteiger charge is -2.20. The summed E-state index contributed by atoms with van der Waals surface area (Å²) in [5.41, 5.74) is 7.35. The van der Waals surface area contributed by atoms with Gasteiger partial charge in [0.1, 0.15) is 13.2 Å². The SMILES string of the molecule is CC1(c2ccc3c(c2)OCCO3)CC1N. The summed E-state index contributed by atoms with van der Waals surface area (Å²) in [6.07, 6.45) is 1.06. The molecule has 1 aliphatic carbocycles. The molecule has 3 nitrogen and oxygen atoms in total. The molecule has 80 valence electrons. The number of benzene rings is 1. The molecule has 0 aromatic heterocycles. The smallest absolute Gasteiger partial charge is 0.161 e. The molecule has 0 bridgehead atoms. The number of hydrogen-bond acceptors (Lipinski definition) is 3. The fourth-order valence-corrected chi connectivity index (χ4v) is 2.13. The largest absolute Gasteiger partial charge is 0.486 e. The number of fused-ring (bicyclic) bond motifs is 1. The number of rotatable bonds is 1. The zero-order chi connectivity index (χ0) is 10.5. The maximum Gasteiger partial charge on any atom is 0.161 e. The van der Waals surface area contributed by atoms with Crippen molar-refractivity contribution >= 4 is 0 Å². The fourth-order valence-electron chi connectivity index (χ4n) is 2.13. The van der Waals surface area contributed by atoms with Crippen LogP contribution in [0, 0.1) is 0 Å². The molecule has 2 unspecified atom stereocenters. The van der Waals surface area contributed by atoms with Gasteiger partial charge in [-0.25, -0.2) is 0 Å². The van der Waals surface area contributed by atoms with E-state index in [4.69, 9.17) is 15.2 Å². The second-order valence-electron chi connectivity index (χ2n) is 4.59. The first kappa shape index (κ1) is 9.04. The second kappa shape index (κ2) is 2.89. The summed E-state index contributed by atoms with van der Waals surface area (Å²) < 4.78 is 11.0. The van der Waals surface area contributed by atoms with Crippen molar-refractivity contribution in [2.24, 2.45) is 5.73 Å². The van der Waals surface area contributed by atoms with Gasteiger partial charge in [0.2, 0.25) is 0 Å². The van der Waals surface area contributed by atoms with Gasteiger partial charge in [-0.3, -0.25) is 0 Å². The number of hydrogen-bond donors (Lipinski definition) is 1. The highest BCUT2D eigenvalue weighted by atomic mass is 16.6. The van der Waals surface area contributed by atoms with Crippen molar-refractivity contribution in [1.82, 2.24) is 0 Å². The van der Waals surface area contributed by atoms with Gasteiger partial charge in [0.25, 0.3) is 0 Å². The highest BCUT2D eigenvalue weighted by molar-refractivity contribution is 5.48. The molecule has 0 saturated heterocycles. The van der Waals surface area contributed by atoms with E-state index in [1.165, 1.54) is 5.56 Å². The Kier molecular flexibility index (Phi) is 1.74. The molecule has 2 aliphatic rings. The Morgan fingerprint density at radius 2 is 1.93 bits per heavy atom. The van der Waals surface area contributed by atoms with E-state index < -0.39 is 0 Å². The summed E-state index contributed by atoms with van der Waals surface area (Å²) >= 11 is 0. The minimum atomic E-state index is 0.149. The number of ether oxygens (including phenoxy) is 2. The molecule has 3 heteroatoms. The van der Waals surface area contributed by atoms with Crippen LogP contribution in [0.1, 0.15) is 18.9 Å². The second-order valence-corrected chi connectivity index (χ2v) is 4.59. The molecular formula is C12H15NO2. The molecule has 2 atom stereocenters. The van der Waals surface area contributed by atoms with Crippen LogP contribution in [0.4, 0.5) is 0 Å². The predicted molar refractivity (Wildman–Crippen MR) is 57.4 cm³/mol. The van der Waals surface area contributed by atoms with E-state index in [9.17, 15) is 0 Å². The monoisotopic (exact) mass is 205 g/mol. The Hall–Kier alpha value is -1.22. The van der Waals surface area contributed by atoms with Crippen molar-refractivity contribution in [1.29, 1.82) is 0 Å². The number of nitrogens with two attached hydrogens (primary N) is 1. The van der Waals surface area contributed by atoms with E-state index in [1.54, 1.807) is 0 Å². The third-order valence-corrected chi connectivity index (χ3v) is 3.50. The summed E-state index contributed by atoms with van der Waals surface area (Å²) in [6.45, 7) is 3.48. The summed E-state index contributed by atoms with van der Waals surface area (Å²) in [7, 11) is 0. The third kappa shape index (κ3) is 1.30. The molecule has 0 spiro atoms. The first-order chi connectivity index (χ1) is 7.20. The van der Waals surface area contributed by atoms with Crippen molar-refractivity contribution < 1.29 is 9.47 Å². The van der Waals surface area contributed by atoms with Crippen LogP contribution in [0.5, 0.6) is 11.5 Å². The molecule has 0 radical (unpaired) electrons. The van der Waals surface area contributed by atoms with Gasteiger partial charge in [-0.2, -0.15) is 0 Å². The van der Waals surface area contributed by atoms with Gasteiger partial charge in [0, 0.05) is 11.5 Å². The van der Waals surface area contributed by atoms with Crippen LogP contribution in [0.25, 0.3) is 0 Å². The van der Waals surface area contributed by atoms with E-state index in [0.29, 0.717) is 19.3 Å². The Labute approximate surface area is 89.2 Å². The molecular weight excluding hydrogens is 190 g/mol. The van der Waals surface area contributed by atoms with E-state index >= 15 is 0 Å². The molecule has 2 N–H and O–H groups in total. The van der Waals surface area contributed by atoms with Crippen molar-refractivity contribution in [2.45, 2.75) is 24.8 Å². The minimum Gasteiger partial charge on any atom is -0.486 e. The lowest BCUT2D eigenvalue weighted by molar-refractivity contribution is 0.171. The van der Waals surface area contributed by atoms with Gasteiger partial charge in [0.15, 0.2) is 11.5 Å². The van der Waals surface area contributed by atoms with Gasteiger partial charge in [0.05, 0.1) is 0 Å². The standard InChI is InChI=1S/C12H15NO2/c1-12(7-11(12)13)8-2-3-9-10(6-8)15-5-4-14-9/h2-3,6,11H,4-5,7,13H2,1H3. The first-order valence-corrected chi connectivity index (χ1v) is 5.36. The Balaban J connectivity index is 1.98. The first-order valence-electron chi connectivity index (χ1n) is 5.36. The van der Waals surface area contributed by atoms with Crippen molar-refractivity contribution in [3.63, 3.8) is 0 Å². The molecule has 3 rings (SSSR count). The lowest BCUT2D eigenvalue weighted by Crippen LogP contribution is -2.18. The minimum absolute atomic E-state index is 0.149. The molecule has 1 aliphatic heterocycles. The van der Waals surface area contributed by atoms with Crippen molar-refractivity contribution in [3.8, 4) is 11.5 Å². The summed E-state index contributed by atoms with van der Waals surface area (Å²) in [5, 5.41) is 0. The molecule has 15 heavy (non-hydrogen) atoms. The molecule has 1 saturated carbocycles. The van der Waals surface area contributed by atoms with E-state index in [0.717, 1.165) is 17.9 Å². The average molecular weight is 205 g/mol. The van der Waals surface area contributed by atoms with Gasteiger partial charge < -0.3 is 15.2 Å². The fraction of sp³-hybridized carbons (Fsp3) is 0.500. The van der Waals surface area contributed by atoms with Crippen LogP contribution in [-0.4, -0.2) is 19.3 Å². The van der Waals surface area contributed by atoms with Gasteiger partial charge in [-0.1, -0.05) is 13.0 Å². The normalized spacial score (nSPS) is 32.5. The maximum atomic E-state index is 5.94. The quantitative estimate of drug-likeness (QED) is 0.754. The van der Waals surface area contributed by atoms with Crippen LogP contribution in [0.2, 0.25) is 0 Å². The molecule has 1 aromatic rings.